The van der Waals surface area contributed by atoms with E-state index in [1.165, 1.54) is 0 Å². The minimum absolute atomic E-state index is 0. The molecule has 0 radical (unpaired) electrons. The highest BCUT2D eigenvalue weighted by Crippen LogP contribution is 2.57. The van der Waals surface area contributed by atoms with Crippen molar-refractivity contribution >= 4 is 91.2 Å². The standard InChI is InChI=1S/C79H100O15Si8.H2/c1-24-74(102(23,92-98(15,16)17)94-100(20,21)90-96(9,10)11)67-36-28-32-40-71(67)86-75(80)83-63-49-45-59(46-50-63)78(4,5)60-47-51-64(52-48-60)84-76(81)87-72-53-61(43-41-56(72)2)79(68-37-29-26-34-65(68)66-35-27-30-38-69(66)79)62-44-42-57(3)73(54-62)88-77(82)85-70-39-31-25-33-58(70)55-101(22,91-97(12,13)14)93-99(18,19)89-95(6,7)8;/h25-54H,1,55H2,2-23H3;1H. The Labute approximate surface area is 614 Å². The normalized spacial score (nSPS) is 14.4. The molecule has 9 rings (SSSR count). The van der Waals surface area contributed by atoms with Gasteiger partial charge in [-0.05, 0) is 241 Å². The van der Waals surface area contributed by atoms with Crippen molar-refractivity contribution in [3.8, 4) is 45.6 Å². The summed E-state index contributed by atoms with van der Waals surface area (Å²) in [6.45, 7) is 50.0. The van der Waals surface area contributed by atoms with Crippen molar-refractivity contribution in [3.05, 3.63) is 250 Å². The van der Waals surface area contributed by atoms with E-state index < -0.39 is 96.8 Å². The number of hydrogen-bond donors (Lipinski definition) is 0. The first-order valence-corrected chi connectivity index (χ1v) is 58.6. The molecule has 1 aliphatic rings. The lowest BCUT2D eigenvalue weighted by Crippen LogP contribution is -2.58. The van der Waals surface area contributed by atoms with Gasteiger partial charge in [0.2, 0.25) is 0 Å². The van der Waals surface area contributed by atoms with Crippen LogP contribution in [-0.2, 0) is 41.6 Å². The molecule has 8 aromatic carbocycles. The fraction of sp³-hybridized carbons (Fsp3) is 0.316. The van der Waals surface area contributed by atoms with E-state index in [4.69, 9.17) is 53.1 Å². The quantitative estimate of drug-likeness (QED) is 0.0218. The van der Waals surface area contributed by atoms with E-state index in [0.29, 0.717) is 45.2 Å². The van der Waals surface area contributed by atoms with Gasteiger partial charge in [0.25, 0.3) is 0 Å². The monoisotopic (exact) mass is 1510 g/mol. The van der Waals surface area contributed by atoms with Crippen LogP contribution in [0.4, 0.5) is 14.4 Å². The first-order valence-electron chi connectivity index (χ1n) is 34.5. The third-order valence-electron chi connectivity index (χ3n) is 16.8. The molecular weight excluding hydrogens is 1410 g/mol. The van der Waals surface area contributed by atoms with Crippen molar-refractivity contribution in [1.82, 2.24) is 0 Å². The zero-order valence-corrected chi connectivity index (χ0v) is 71.4. The molecule has 8 aromatic rings. The topological polar surface area (TPSA) is 162 Å². The highest BCUT2D eigenvalue weighted by Gasteiger charge is 2.51. The summed E-state index contributed by atoms with van der Waals surface area (Å²) in [5, 5.41) is 0.609. The Bertz CT molecular complexity index is 4410. The Morgan fingerprint density at radius 2 is 0.794 bits per heavy atom. The van der Waals surface area contributed by atoms with Crippen LogP contribution >= 0.6 is 0 Å². The number of rotatable bonds is 26. The molecule has 102 heavy (non-hydrogen) atoms. The van der Waals surface area contributed by atoms with E-state index in [1.54, 1.807) is 42.5 Å². The summed E-state index contributed by atoms with van der Waals surface area (Å²) in [5.41, 5.74) is 11.8. The summed E-state index contributed by atoms with van der Waals surface area (Å²) in [6, 6.07) is 57.9. The number of ether oxygens (including phenoxy) is 6. The second-order valence-electron chi connectivity index (χ2n) is 31.6. The summed E-state index contributed by atoms with van der Waals surface area (Å²) in [4.78, 5) is 42.0. The van der Waals surface area contributed by atoms with Crippen LogP contribution in [0.1, 0.15) is 70.9 Å². The lowest BCUT2D eigenvalue weighted by Gasteiger charge is -2.41. The molecule has 0 saturated heterocycles. The average Bonchev–Trinajstić information content (AvgIpc) is 1.55. The molecule has 15 nitrogen and oxygen atoms in total. The van der Waals surface area contributed by atoms with Gasteiger partial charge in [-0.1, -0.05) is 154 Å². The summed E-state index contributed by atoms with van der Waals surface area (Å²) < 4.78 is 77.4. The highest BCUT2D eigenvalue weighted by atomic mass is 28.5. The molecule has 0 amide bonds. The Balaban J connectivity index is 0.0000134. The van der Waals surface area contributed by atoms with Crippen molar-refractivity contribution < 1.29 is 68.9 Å². The second-order valence-corrected chi connectivity index (χ2v) is 64.0. The van der Waals surface area contributed by atoms with Crippen LogP contribution in [0.5, 0.6) is 34.5 Å². The average molecular weight is 1520 g/mol. The van der Waals surface area contributed by atoms with Crippen LogP contribution in [0, 0.1) is 13.8 Å². The molecule has 0 saturated carbocycles. The summed E-state index contributed by atoms with van der Waals surface area (Å²) in [5.74, 6) is 1.78. The van der Waals surface area contributed by atoms with Crippen molar-refractivity contribution in [2.24, 2.45) is 0 Å². The molecule has 2 unspecified atom stereocenters. The van der Waals surface area contributed by atoms with Gasteiger partial charge in [0, 0.05) is 23.6 Å². The molecule has 0 aliphatic heterocycles. The minimum atomic E-state index is -3.30. The Morgan fingerprint density at radius 1 is 0.412 bits per heavy atom. The number of para-hydroxylation sites is 2. The largest absolute Gasteiger partial charge is 0.519 e. The molecule has 0 heterocycles. The van der Waals surface area contributed by atoms with E-state index in [0.717, 1.165) is 50.1 Å². The maximum atomic E-state index is 14.3. The molecule has 540 valence electrons. The molecule has 0 spiro atoms. The molecule has 1 aliphatic carbocycles. The summed E-state index contributed by atoms with van der Waals surface area (Å²) in [6.07, 6.45) is -2.75. The number of fused-ring (bicyclic) bond motifs is 3. The van der Waals surface area contributed by atoms with Crippen LogP contribution in [0.2, 0.25) is 118 Å². The molecule has 0 bridgehead atoms. The number of hydrogen-bond acceptors (Lipinski definition) is 15. The maximum Gasteiger partial charge on any atom is 0.519 e. The first-order chi connectivity index (χ1) is 47.4. The minimum Gasteiger partial charge on any atom is -0.437 e. The Hall–Kier alpha value is -7.41. The Kier molecular flexibility index (Phi) is 23.4. The van der Waals surface area contributed by atoms with Gasteiger partial charge in [-0.15, -0.1) is 5.73 Å². The van der Waals surface area contributed by atoms with E-state index in [1.807, 2.05) is 143 Å². The predicted molar refractivity (Wildman–Crippen MR) is 428 cm³/mol. The zero-order chi connectivity index (χ0) is 74.8. The van der Waals surface area contributed by atoms with Gasteiger partial charge in [-0.25, -0.2) is 14.4 Å². The first kappa shape index (κ1) is 78.7. The summed E-state index contributed by atoms with van der Waals surface area (Å²) in [7, 11) is -20.0. The number of carbonyl (C=O) groups excluding carboxylic acids is 3. The number of carbonyl (C=O) groups is 3. The highest BCUT2D eigenvalue weighted by molar-refractivity contribution is 6.97. The predicted octanol–water partition coefficient (Wildman–Crippen LogP) is 21.7. The molecule has 0 N–H and O–H groups in total. The second kappa shape index (κ2) is 30.3. The van der Waals surface area contributed by atoms with Gasteiger partial charge in [0.05, 0.1) is 5.41 Å². The van der Waals surface area contributed by atoms with Gasteiger partial charge in [-0.3, -0.25) is 0 Å². The van der Waals surface area contributed by atoms with Crippen molar-refractivity contribution in [3.63, 3.8) is 0 Å². The van der Waals surface area contributed by atoms with Gasteiger partial charge in [-0.2, -0.15) is 0 Å². The lowest BCUT2D eigenvalue weighted by molar-refractivity contribution is 0.150. The fourth-order valence-electron chi connectivity index (χ4n) is 13.9. The van der Waals surface area contributed by atoms with Gasteiger partial charge in [0.1, 0.15) is 34.5 Å². The number of benzene rings is 8. The van der Waals surface area contributed by atoms with Gasteiger partial charge in [0.15, 0.2) is 33.3 Å². The van der Waals surface area contributed by atoms with Crippen molar-refractivity contribution in [1.29, 1.82) is 0 Å². The van der Waals surface area contributed by atoms with E-state index in [2.05, 4.69) is 155 Å². The van der Waals surface area contributed by atoms with E-state index in [-0.39, 0.29) is 18.7 Å². The fourth-order valence-corrected chi connectivity index (χ4v) is 49.0. The van der Waals surface area contributed by atoms with Crippen LogP contribution in [-0.4, -0.2) is 86.0 Å². The smallest absolute Gasteiger partial charge is 0.437 e. The van der Waals surface area contributed by atoms with Crippen molar-refractivity contribution in [2.45, 2.75) is 162 Å². The molecule has 23 heteroatoms. The number of aryl methyl sites for hydroxylation is 2. The van der Waals surface area contributed by atoms with Crippen LogP contribution < -0.4 is 28.4 Å². The van der Waals surface area contributed by atoms with Crippen molar-refractivity contribution in [2.75, 3.05) is 0 Å². The summed E-state index contributed by atoms with van der Waals surface area (Å²) >= 11 is 0. The van der Waals surface area contributed by atoms with E-state index in [9.17, 15) is 14.4 Å². The van der Waals surface area contributed by atoms with Gasteiger partial charge >= 0.3 is 52.7 Å². The molecule has 2 atom stereocenters. The third-order valence-corrected chi connectivity index (χ3v) is 43.4. The van der Waals surface area contributed by atoms with Crippen LogP contribution in [0.3, 0.4) is 0 Å². The SMILES string of the molecule is C=C=C(c1ccccc1OC(=O)Oc1ccc(C(C)(C)c2ccc(OC(=O)Oc3cc(C4(c5ccc(C)c(OC(=O)Oc6ccccc6C[Si](C)(O[Si](C)(C)C)O[Si](C)(C)O[Si](C)(C)C)c5)c5ccccc5-c5ccccc54)ccc3C)cc2)cc1)[Si](C)(O[Si](C)(C)C)O[Si](C)(C)O[Si](C)(C)C.[HH]. The molecule has 0 fully saturated rings. The zero-order valence-electron chi connectivity index (χ0n) is 63.4. The van der Waals surface area contributed by atoms with Crippen LogP contribution in [0.15, 0.2) is 194 Å². The van der Waals surface area contributed by atoms with Gasteiger partial charge < -0.3 is 53.1 Å². The Morgan fingerprint density at radius 3 is 1.25 bits per heavy atom. The third kappa shape index (κ3) is 19.5. The molecular formula is C79H102O15Si8. The molecule has 0 aromatic heterocycles. The lowest BCUT2D eigenvalue weighted by atomic mass is 9.67. The van der Waals surface area contributed by atoms with E-state index >= 15 is 0 Å². The maximum absolute atomic E-state index is 14.3. The van der Waals surface area contributed by atoms with Crippen LogP contribution in [0.25, 0.3) is 16.3 Å².